The van der Waals surface area contributed by atoms with Crippen LogP contribution in [-0.2, 0) is 6.42 Å². The number of nitrogens with two attached hydrogens (primary N) is 1. The summed E-state index contributed by atoms with van der Waals surface area (Å²) in [5.74, 6) is 0.881. The molecule has 0 amide bonds. The van der Waals surface area contributed by atoms with Gasteiger partial charge in [-0.15, -0.1) is 0 Å². The van der Waals surface area contributed by atoms with Crippen molar-refractivity contribution in [2.24, 2.45) is 5.73 Å². The van der Waals surface area contributed by atoms with Gasteiger partial charge in [-0.3, -0.25) is 4.98 Å². The summed E-state index contributed by atoms with van der Waals surface area (Å²) in [5.41, 5.74) is 9.01. The van der Waals surface area contributed by atoms with Crippen LogP contribution in [0.4, 0.5) is 0 Å². The Kier molecular flexibility index (Phi) is 3.26. The van der Waals surface area contributed by atoms with E-state index in [9.17, 15) is 0 Å². The third-order valence-electron chi connectivity index (χ3n) is 2.93. The van der Waals surface area contributed by atoms with Gasteiger partial charge in [0.25, 0.3) is 0 Å². The maximum absolute atomic E-state index is 6.14. The van der Waals surface area contributed by atoms with Gasteiger partial charge in [0.1, 0.15) is 5.75 Å². The SMILES string of the molecule is COc1ccc2nc(C)ccc2c1CC(C)(C)N. The predicted molar refractivity (Wildman–Crippen MR) is 75.0 cm³/mol. The highest BCUT2D eigenvalue weighted by Gasteiger charge is 2.17. The van der Waals surface area contributed by atoms with Gasteiger partial charge in [-0.1, -0.05) is 6.07 Å². The van der Waals surface area contributed by atoms with E-state index < -0.39 is 0 Å². The Morgan fingerprint density at radius 2 is 1.94 bits per heavy atom. The molecule has 0 aliphatic carbocycles. The molecule has 18 heavy (non-hydrogen) atoms. The minimum Gasteiger partial charge on any atom is -0.496 e. The summed E-state index contributed by atoms with van der Waals surface area (Å²) >= 11 is 0. The van der Waals surface area contributed by atoms with Crippen LogP contribution in [-0.4, -0.2) is 17.6 Å². The van der Waals surface area contributed by atoms with E-state index in [0.717, 1.165) is 34.3 Å². The number of aryl methyl sites for hydroxylation is 1. The van der Waals surface area contributed by atoms with Crippen molar-refractivity contribution in [3.63, 3.8) is 0 Å². The molecular weight excluding hydrogens is 224 g/mol. The second kappa shape index (κ2) is 4.58. The first-order chi connectivity index (χ1) is 8.40. The smallest absolute Gasteiger partial charge is 0.122 e. The van der Waals surface area contributed by atoms with Gasteiger partial charge in [0.05, 0.1) is 12.6 Å². The lowest BCUT2D eigenvalue weighted by molar-refractivity contribution is 0.403. The Hall–Kier alpha value is -1.61. The highest BCUT2D eigenvalue weighted by molar-refractivity contribution is 5.85. The molecule has 2 N–H and O–H groups in total. The number of benzene rings is 1. The molecule has 0 aliphatic rings. The van der Waals surface area contributed by atoms with E-state index in [1.165, 1.54) is 0 Å². The first-order valence-corrected chi connectivity index (χ1v) is 6.13. The van der Waals surface area contributed by atoms with Crippen LogP contribution in [0.1, 0.15) is 25.1 Å². The summed E-state index contributed by atoms with van der Waals surface area (Å²) in [4.78, 5) is 4.55. The zero-order valence-corrected chi connectivity index (χ0v) is 11.4. The van der Waals surface area contributed by atoms with Crippen LogP contribution in [0.15, 0.2) is 24.3 Å². The summed E-state index contributed by atoms with van der Waals surface area (Å²) in [7, 11) is 1.69. The number of methoxy groups -OCH3 is 1. The highest BCUT2D eigenvalue weighted by atomic mass is 16.5. The van der Waals surface area contributed by atoms with Crippen molar-refractivity contribution in [2.45, 2.75) is 32.7 Å². The maximum atomic E-state index is 6.14. The summed E-state index contributed by atoms with van der Waals surface area (Å²) < 4.78 is 5.45. The number of rotatable bonds is 3. The largest absolute Gasteiger partial charge is 0.496 e. The lowest BCUT2D eigenvalue weighted by Gasteiger charge is -2.21. The summed E-state index contributed by atoms with van der Waals surface area (Å²) in [6, 6.07) is 8.08. The fourth-order valence-corrected chi connectivity index (χ4v) is 2.18. The molecule has 0 radical (unpaired) electrons. The number of fused-ring (bicyclic) bond motifs is 1. The van der Waals surface area contributed by atoms with E-state index in [-0.39, 0.29) is 5.54 Å². The second-order valence-electron chi connectivity index (χ2n) is 5.43. The average Bonchev–Trinajstić information content (AvgIpc) is 2.27. The van der Waals surface area contributed by atoms with Gasteiger partial charge in [-0.05, 0) is 45.4 Å². The second-order valence-corrected chi connectivity index (χ2v) is 5.43. The normalized spacial score (nSPS) is 11.8. The van der Waals surface area contributed by atoms with Gasteiger partial charge >= 0.3 is 0 Å². The first-order valence-electron chi connectivity index (χ1n) is 6.13. The molecule has 0 atom stereocenters. The van der Waals surface area contributed by atoms with Crippen LogP contribution in [0.25, 0.3) is 10.9 Å². The highest BCUT2D eigenvalue weighted by Crippen LogP contribution is 2.29. The van der Waals surface area contributed by atoms with Crippen molar-refractivity contribution >= 4 is 10.9 Å². The molecule has 1 aromatic carbocycles. The van der Waals surface area contributed by atoms with E-state index in [2.05, 4.69) is 11.1 Å². The van der Waals surface area contributed by atoms with Gasteiger partial charge < -0.3 is 10.5 Å². The van der Waals surface area contributed by atoms with Crippen LogP contribution in [0, 0.1) is 6.92 Å². The molecule has 2 rings (SSSR count). The summed E-state index contributed by atoms with van der Waals surface area (Å²) in [5, 5.41) is 1.12. The van der Waals surface area contributed by atoms with Crippen molar-refractivity contribution in [3.05, 3.63) is 35.5 Å². The Bertz CT molecular complexity index is 570. The number of hydrogen-bond donors (Lipinski definition) is 1. The maximum Gasteiger partial charge on any atom is 0.122 e. The number of nitrogens with zero attached hydrogens (tertiary/aromatic N) is 1. The van der Waals surface area contributed by atoms with Crippen LogP contribution in [0.5, 0.6) is 5.75 Å². The predicted octanol–water partition coefficient (Wildman–Crippen LogP) is 2.83. The van der Waals surface area contributed by atoms with E-state index >= 15 is 0 Å². The van der Waals surface area contributed by atoms with E-state index in [4.69, 9.17) is 10.5 Å². The number of pyridine rings is 1. The first kappa shape index (κ1) is 12.8. The van der Waals surface area contributed by atoms with Gasteiger partial charge in [-0.2, -0.15) is 0 Å². The van der Waals surface area contributed by atoms with Crippen LogP contribution in [0.3, 0.4) is 0 Å². The molecule has 0 spiro atoms. The average molecular weight is 244 g/mol. The molecule has 0 saturated carbocycles. The molecule has 0 saturated heterocycles. The fraction of sp³-hybridized carbons (Fsp3) is 0.400. The molecule has 0 aliphatic heterocycles. The quantitative estimate of drug-likeness (QED) is 0.903. The Morgan fingerprint density at radius 1 is 1.22 bits per heavy atom. The molecule has 96 valence electrons. The minimum atomic E-state index is -0.271. The molecule has 0 bridgehead atoms. The molecule has 3 nitrogen and oxygen atoms in total. The van der Waals surface area contributed by atoms with Crippen LogP contribution >= 0.6 is 0 Å². The van der Waals surface area contributed by atoms with Crippen molar-refractivity contribution in [1.29, 1.82) is 0 Å². The third kappa shape index (κ3) is 2.62. The third-order valence-corrected chi connectivity index (χ3v) is 2.93. The fourth-order valence-electron chi connectivity index (χ4n) is 2.18. The topological polar surface area (TPSA) is 48.1 Å². The lowest BCUT2D eigenvalue weighted by atomic mass is 9.92. The molecule has 0 fully saturated rings. The van der Waals surface area contributed by atoms with Crippen LogP contribution < -0.4 is 10.5 Å². The van der Waals surface area contributed by atoms with Gasteiger partial charge in [0, 0.05) is 22.2 Å². The molecule has 1 aromatic heterocycles. The minimum absolute atomic E-state index is 0.271. The lowest BCUT2D eigenvalue weighted by Crippen LogP contribution is -2.34. The van der Waals surface area contributed by atoms with Crippen molar-refractivity contribution < 1.29 is 4.74 Å². The standard InChI is InChI=1S/C15H20N2O/c1-10-5-6-11-12(9-15(2,3)16)14(18-4)8-7-13(11)17-10/h5-8H,9,16H2,1-4H3. The number of aromatic nitrogens is 1. The van der Waals surface area contributed by atoms with E-state index in [0.29, 0.717) is 0 Å². The van der Waals surface area contributed by atoms with Gasteiger partial charge in [0.15, 0.2) is 0 Å². The zero-order chi connectivity index (χ0) is 13.3. The zero-order valence-electron chi connectivity index (χ0n) is 11.4. The Balaban J connectivity index is 2.65. The van der Waals surface area contributed by atoms with E-state index in [1.54, 1.807) is 7.11 Å². The summed E-state index contributed by atoms with van der Waals surface area (Å²) in [6.45, 7) is 6.04. The number of ether oxygens (including phenoxy) is 1. The van der Waals surface area contributed by atoms with E-state index in [1.807, 2.05) is 39.0 Å². The molecule has 2 aromatic rings. The Morgan fingerprint density at radius 3 is 2.56 bits per heavy atom. The van der Waals surface area contributed by atoms with Crippen LogP contribution in [0.2, 0.25) is 0 Å². The van der Waals surface area contributed by atoms with Crippen molar-refractivity contribution in [2.75, 3.05) is 7.11 Å². The number of hydrogen-bond acceptors (Lipinski definition) is 3. The van der Waals surface area contributed by atoms with Gasteiger partial charge in [-0.25, -0.2) is 0 Å². The van der Waals surface area contributed by atoms with Gasteiger partial charge in [0.2, 0.25) is 0 Å². The molecule has 0 unspecified atom stereocenters. The molecule has 1 heterocycles. The summed E-state index contributed by atoms with van der Waals surface area (Å²) in [6.07, 6.45) is 0.762. The Labute approximate surface area is 108 Å². The van der Waals surface area contributed by atoms with Crippen molar-refractivity contribution in [1.82, 2.24) is 4.98 Å². The monoisotopic (exact) mass is 244 g/mol. The van der Waals surface area contributed by atoms with Crippen molar-refractivity contribution in [3.8, 4) is 5.75 Å². The molecular formula is C15H20N2O. The molecule has 3 heteroatoms.